The smallest absolute Gasteiger partial charge is 0.387 e. The third kappa shape index (κ3) is 5.54. The van der Waals surface area contributed by atoms with Crippen LogP contribution in [0.5, 0.6) is 5.75 Å². The predicted molar refractivity (Wildman–Crippen MR) is 133 cm³/mol. The lowest BCUT2D eigenvalue weighted by Crippen LogP contribution is -2.41. The van der Waals surface area contributed by atoms with Gasteiger partial charge in [-0.2, -0.15) is 19.0 Å². The molecule has 0 saturated carbocycles. The Kier molecular flexibility index (Phi) is 7.40. The molecule has 1 unspecified atom stereocenters. The quantitative estimate of drug-likeness (QED) is 0.287. The summed E-state index contributed by atoms with van der Waals surface area (Å²) < 4.78 is 33.8. The highest BCUT2D eigenvalue weighted by Gasteiger charge is 2.25. The van der Waals surface area contributed by atoms with E-state index in [0.29, 0.717) is 37.1 Å². The number of benzene rings is 1. The molecule has 0 bridgehead atoms. The number of alkyl halides is 2. The van der Waals surface area contributed by atoms with E-state index in [9.17, 15) is 23.8 Å². The first kappa shape index (κ1) is 25.8. The molecule has 3 aromatic heterocycles. The summed E-state index contributed by atoms with van der Waals surface area (Å²) in [5.74, 6) is -0.402. The Morgan fingerprint density at radius 3 is 2.84 bits per heavy atom. The Morgan fingerprint density at radius 1 is 1.29 bits per heavy atom. The second-order valence-electron chi connectivity index (χ2n) is 8.75. The van der Waals surface area contributed by atoms with Crippen molar-refractivity contribution in [1.29, 1.82) is 0 Å². The number of ether oxygens (including phenoxy) is 1. The van der Waals surface area contributed by atoms with Crippen molar-refractivity contribution in [2.45, 2.75) is 38.3 Å². The number of amides is 1. The Hall–Kier alpha value is -3.81. The van der Waals surface area contributed by atoms with Gasteiger partial charge in [0.2, 0.25) is 5.91 Å². The van der Waals surface area contributed by atoms with E-state index in [0.717, 1.165) is 0 Å². The van der Waals surface area contributed by atoms with Crippen LogP contribution in [0.3, 0.4) is 0 Å². The molecule has 200 valence electrons. The molecule has 1 aliphatic rings. The molecule has 1 aliphatic heterocycles. The minimum absolute atomic E-state index is 0.133. The maximum atomic E-state index is 13.2. The molecule has 1 atom stereocenters. The minimum atomic E-state index is -3.10. The van der Waals surface area contributed by atoms with Crippen molar-refractivity contribution < 1.29 is 28.5 Å². The average Bonchev–Trinajstić information content (AvgIpc) is 3.49. The highest BCUT2D eigenvalue weighted by Crippen LogP contribution is 2.38. The number of nitrogens with one attached hydrogen (secondary N) is 1. The second kappa shape index (κ2) is 10.9. The normalized spacial score (nSPS) is 15.3. The maximum Gasteiger partial charge on any atom is 0.387 e. The first-order valence-electron chi connectivity index (χ1n) is 11.8. The number of nitrogens with zero attached hydrogens (tertiary/aromatic N) is 6. The Bertz CT molecular complexity index is 1440. The molecule has 1 fully saturated rings. The van der Waals surface area contributed by atoms with Gasteiger partial charge in [-0.25, -0.2) is 9.50 Å². The van der Waals surface area contributed by atoms with Gasteiger partial charge in [0.1, 0.15) is 18.0 Å². The molecule has 0 aliphatic carbocycles. The standard InChI is InChI=1S/C24H24ClF2N7O4/c25-14-2-3-19(38-24(26)27)16(10-14)21-18(30-23(37)17-11-29-34-7-1-6-28-22(17)34)12-33(31-21)13-20(36)32-8-4-15(35)5-9-32/h1-3,6-7,10-12,15,23-24,30,35,37H,4-5,8-9,13H2. The molecule has 1 amide bonds. The summed E-state index contributed by atoms with van der Waals surface area (Å²) in [6.45, 7) is -2.41. The van der Waals surface area contributed by atoms with Gasteiger partial charge in [0.15, 0.2) is 11.9 Å². The summed E-state index contributed by atoms with van der Waals surface area (Å²) in [4.78, 5) is 18.8. The van der Waals surface area contributed by atoms with E-state index in [1.807, 2.05) is 0 Å². The van der Waals surface area contributed by atoms with Gasteiger partial charge in [0.05, 0.1) is 23.6 Å². The van der Waals surface area contributed by atoms with Crippen molar-refractivity contribution in [3.05, 3.63) is 59.6 Å². The number of carbonyl (C=O) groups excluding carboxylic acids is 1. The van der Waals surface area contributed by atoms with Gasteiger partial charge in [-0.05, 0) is 37.1 Å². The molecular formula is C24H24ClF2N7O4. The summed E-state index contributed by atoms with van der Waals surface area (Å²) in [5.41, 5.74) is 1.28. The van der Waals surface area contributed by atoms with Gasteiger partial charge < -0.3 is 25.2 Å². The zero-order chi connectivity index (χ0) is 26.8. The molecule has 14 heteroatoms. The van der Waals surface area contributed by atoms with Gasteiger partial charge in [-0.3, -0.25) is 9.48 Å². The van der Waals surface area contributed by atoms with E-state index in [-0.39, 0.29) is 40.2 Å². The zero-order valence-corrected chi connectivity index (χ0v) is 20.7. The van der Waals surface area contributed by atoms with Crippen molar-refractivity contribution in [2.24, 2.45) is 0 Å². The summed E-state index contributed by atoms with van der Waals surface area (Å²) >= 11 is 6.16. The first-order valence-corrected chi connectivity index (χ1v) is 12.2. The lowest BCUT2D eigenvalue weighted by molar-refractivity contribution is -0.134. The molecule has 4 aromatic rings. The van der Waals surface area contributed by atoms with Crippen LogP contribution in [0.15, 0.2) is 49.1 Å². The highest BCUT2D eigenvalue weighted by atomic mass is 35.5. The van der Waals surface area contributed by atoms with E-state index >= 15 is 0 Å². The van der Waals surface area contributed by atoms with E-state index in [1.165, 1.54) is 39.8 Å². The fourth-order valence-electron chi connectivity index (χ4n) is 4.31. The molecule has 4 heterocycles. The topological polar surface area (TPSA) is 130 Å². The van der Waals surface area contributed by atoms with E-state index in [4.69, 9.17) is 11.6 Å². The van der Waals surface area contributed by atoms with Crippen LogP contribution in [-0.4, -0.2) is 71.2 Å². The minimum Gasteiger partial charge on any atom is -0.434 e. The molecular weight excluding hydrogens is 524 g/mol. The number of aromatic nitrogens is 5. The van der Waals surface area contributed by atoms with E-state index in [2.05, 4.69) is 25.2 Å². The lowest BCUT2D eigenvalue weighted by atomic mass is 10.1. The number of aliphatic hydroxyl groups excluding tert-OH is 2. The van der Waals surface area contributed by atoms with E-state index in [1.54, 1.807) is 23.4 Å². The number of aliphatic hydroxyl groups is 2. The molecule has 1 saturated heterocycles. The van der Waals surface area contributed by atoms with Crippen molar-refractivity contribution in [1.82, 2.24) is 29.3 Å². The van der Waals surface area contributed by atoms with Crippen LogP contribution in [0.1, 0.15) is 24.6 Å². The van der Waals surface area contributed by atoms with Gasteiger partial charge in [0, 0.05) is 42.3 Å². The Labute approximate surface area is 220 Å². The number of piperidine rings is 1. The van der Waals surface area contributed by atoms with Crippen LogP contribution in [0, 0.1) is 0 Å². The SMILES string of the molecule is O=C(Cn1cc(NC(O)c2cnn3cccnc23)c(-c2cc(Cl)ccc2OC(F)F)n1)N1CCC(O)CC1. The maximum absolute atomic E-state index is 13.2. The van der Waals surface area contributed by atoms with Crippen LogP contribution < -0.4 is 10.1 Å². The van der Waals surface area contributed by atoms with Crippen LogP contribution in [0.2, 0.25) is 5.02 Å². The summed E-state index contributed by atoms with van der Waals surface area (Å²) in [6, 6.07) is 5.80. The molecule has 0 spiro atoms. The number of carbonyl (C=O) groups is 1. The number of rotatable bonds is 8. The number of hydrogen-bond acceptors (Lipinski definition) is 8. The van der Waals surface area contributed by atoms with Crippen LogP contribution in [0.25, 0.3) is 16.9 Å². The zero-order valence-electron chi connectivity index (χ0n) is 19.9. The van der Waals surface area contributed by atoms with Gasteiger partial charge in [-0.1, -0.05) is 11.6 Å². The van der Waals surface area contributed by atoms with Gasteiger partial charge in [0.25, 0.3) is 0 Å². The summed E-state index contributed by atoms with van der Waals surface area (Å²) in [7, 11) is 0. The number of fused-ring (bicyclic) bond motifs is 1. The van der Waals surface area contributed by atoms with Crippen LogP contribution in [-0.2, 0) is 11.3 Å². The molecule has 5 rings (SSSR count). The largest absolute Gasteiger partial charge is 0.434 e. The van der Waals surface area contributed by atoms with Crippen molar-refractivity contribution >= 4 is 28.8 Å². The third-order valence-electron chi connectivity index (χ3n) is 6.18. The van der Waals surface area contributed by atoms with Gasteiger partial charge in [-0.15, -0.1) is 0 Å². The van der Waals surface area contributed by atoms with Crippen LogP contribution >= 0.6 is 11.6 Å². The number of likely N-dealkylation sites (tertiary alicyclic amines) is 1. The number of halogens is 3. The molecule has 3 N–H and O–H groups in total. The van der Waals surface area contributed by atoms with E-state index < -0.39 is 18.9 Å². The van der Waals surface area contributed by atoms with Crippen molar-refractivity contribution in [3.8, 4) is 17.0 Å². The van der Waals surface area contributed by atoms with Crippen molar-refractivity contribution in [3.63, 3.8) is 0 Å². The average molecular weight is 548 g/mol. The summed E-state index contributed by atoms with van der Waals surface area (Å²) in [5, 5.41) is 32.5. The Balaban J connectivity index is 1.49. The van der Waals surface area contributed by atoms with Crippen LogP contribution in [0.4, 0.5) is 14.5 Å². The highest BCUT2D eigenvalue weighted by molar-refractivity contribution is 6.31. The summed E-state index contributed by atoms with van der Waals surface area (Å²) in [6.07, 6.45) is 5.40. The Morgan fingerprint density at radius 2 is 2.08 bits per heavy atom. The molecule has 1 aromatic carbocycles. The second-order valence-corrected chi connectivity index (χ2v) is 9.19. The monoisotopic (exact) mass is 547 g/mol. The first-order chi connectivity index (χ1) is 18.3. The lowest BCUT2D eigenvalue weighted by Gasteiger charge is -2.29. The molecule has 38 heavy (non-hydrogen) atoms. The third-order valence-corrected chi connectivity index (χ3v) is 6.42. The number of hydrogen-bond donors (Lipinski definition) is 3. The van der Waals surface area contributed by atoms with Crippen molar-refractivity contribution in [2.75, 3.05) is 18.4 Å². The molecule has 11 nitrogen and oxygen atoms in total. The number of anilines is 1. The fraction of sp³-hybridized carbons (Fsp3) is 0.333. The predicted octanol–water partition coefficient (Wildman–Crippen LogP) is 2.93. The fourth-order valence-corrected chi connectivity index (χ4v) is 4.48. The van der Waals surface area contributed by atoms with Gasteiger partial charge >= 0.3 is 6.61 Å². The molecule has 0 radical (unpaired) electrons.